The Hall–Kier alpha value is -0.890. The molecule has 0 aromatic rings. The van der Waals surface area contributed by atoms with Crippen LogP contribution in [-0.2, 0) is 4.79 Å². The van der Waals surface area contributed by atoms with Gasteiger partial charge in [0.05, 0.1) is 6.10 Å². The van der Waals surface area contributed by atoms with Crippen LogP contribution in [0.5, 0.6) is 0 Å². The van der Waals surface area contributed by atoms with Gasteiger partial charge in [-0.15, -0.1) is 0 Å². The summed E-state index contributed by atoms with van der Waals surface area (Å²) >= 11 is 0. The molecule has 1 N–H and O–H groups in total. The van der Waals surface area contributed by atoms with E-state index < -0.39 is 0 Å². The summed E-state index contributed by atoms with van der Waals surface area (Å²) in [6.07, 6.45) is 11.1. The zero-order valence-corrected chi connectivity index (χ0v) is 14.0. The second-order valence-electron chi connectivity index (χ2n) is 8.99. The molecule has 0 spiro atoms. The van der Waals surface area contributed by atoms with Gasteiger partial charge in [-0.2, -0.15) is 0 Å². The van der Waals surface area contributed by atoms with Crippen molar-refractivity contribution < 1.29 is 9.90 Å². The van der Waals surface area contributed by atoms with Gasteiger partial charge in [0.1, 0.15) is 0 Å². The molecule has 6 unspecified atom stereocenters. The first-order valence-electron chi connectivity index (χ1n) is 8.96. The highest BCUT2D eigenvalue weighted by Gasteiger charge is 2.59. The zero-order chi connectivity index (χ0) is 15.7. The lowest BCUT2D eigenvalue weighted by Crippen LogP contribution is -2.54. The topological polar surface area (TPSA) is 37.3 Å². The van der Waals surface area contributed by atoms with Crippen LogP contribution in [0.25, 0.3) is 0 Å². The van der Waals surface area contributed by atoms with E-state index in [0.29, 0.717) is 17.3 Å². The van der Waals surface area contributed by atoms with Gasteiger partial charge < -0.3 is 5.11 Å². The Morgan fingerprint density at radius 2 is 2.05 bits per heavy atom. The molecule has 2 heteroatoms. The molecule has 0 aromatic heterocycles. The predicted molar refractivity (Wildman–Crippen MR) is 87.2 cm³/mol. The molecule has 0 saturated heterocycles. The standard InChI is InChI=1S/C20H28O2/c1-12-8-16-15-5-4-13-9-14(21)6-7-20(13,3)18(15)17(22)11-19(16,2)10-12/h6-7,9,12,15-18,22H,4-5,8,10-11H2,1-3H3/t12?,15?,16-,17?,18?,19?,20?/m0/s1. The molecule has 7 atom stereocenters. The van der Waals surface area contributed by atoms with Crippen molar-refractivity contribution in [1.29, 1.82) is 0 Å². The molecule has 3 saturated carbocycles. The lowest BCUT2D eigenvalue weighted by molar-refractivity contribution is -0.113. The molecule has 4 aliphatic carbocycles. The lowest BCUT2D eigenvalue weighted by Gasteiger charge is -2.58. The quantitative estimate of drug-likeness (QED) is 0.736. The van der Waals surface area contributed by atoms with Crippen molar-refractivity contribution in [1.82, 2.24) is 0 Å². The van der Waals surface area contributed by atoms with Crippen LogP contribution in [-0.4, -0.2) is 17.0 Å². The minimum Gasteiger partial charge on any atom is -0.393 e. The third kappa shape index (κ3) is 1.86. The average Bonchev–Trinajstić information content (AvgIpc) is 2.73. The minimum absolute atomic E-state index is 0.108. The number of hydrogen-bond donors (Lipinski definition) is 1. The van der Waals surface area contributed by atoms with Crippen LogP contribution >= 0.6 is 0 Å². The molecule has 0 aromatic carbocycles. The summed E-state index contributed by atoms with van der Waals surface area (Å²) in [4.78, 5) is 11.8. The van der Waals surface area contributed by atoms with E-state index in [-0.39, 0.29) is 17.3 Å². The minimum atomic E-state index is -0.233. The number of carbonyl (C=O) groups excluding carboxylic acids is 1. The maximum atomic E-state index is 11.8. The Morgan fingerprint density at radius 3 is 2.82 bits per heavy atom. The maximum absolute atomic E-state index is 11.8. The van der Waals surface area contributed by atoms with Gasteiger partial charge in [0.15, 0.2) is 5.78 Å². The van der Waals surface area contributed by atoms with Crippen molar-refractivity contribution in [3.63, 3.8) is 0 Å². The van der Waals surface area contributed by atoms with E-state index in [2.05, 4.69) is 26.8 Å². The molecule has 4 rings (SSSR count). The summed E-state index contributed by atoms with van der Waals surface area (Å²) in [6, 6.07) is 0. The molecule has 4 aliphatic rings. The summed E-state index contributed by atoms with van der Waals surface area (Å²) in [5.41, 5.74) is 1.48. The highest BCUT2D eigenvalue weighted by atomic mass is 16.3. The Labute approximate surface area is 133 Å². The molecule has 0 amide bonds. The molecule has 0 aliphatic heterocycles. The number of fused-ring (bicyclic) bond motifs is 5. The first kappa shape index (κ1) is 14.7. The van der Waals surface area contributed by atoms with Crippen LogP contribution < -0.4 is 0 Å². The Kier molecular flexibility index (Phi) is 3.05. The highest BCUT2D eigenvalue weighted by Crippen LogP contribution is 2.65. The van der Waals surface area contributed by atoms with Gasteiger partial charge in [0.2, 0.25) is 0 Å². The molecule has 22 heavy (non-hydrogen) atoms. The fourth-order valence-electron chi connectivity index (χ4n) is 6.77. The Balaban J connectivity index is 1.75. The van der Waals surface area contributed by atoms with Crippen molar-refractivity contribution in [3.8, 4) is 0 Å². The first-order valence-corrected chi connectivity index (χ1v) is 8.96. The number of carbonyl (C=O) groups is 1. The summed E-state index contributed by atoms with van der Waals surface area (Å²) < 4.78 is 0. The monoisotopic (exact) mass is 300 g/mol. The third-order valence-corrected chi connectivity index (χ3v) is 7.48. The van der Waals surface area contributed by atoms with Crippen LogP contribution in [0.3, 0.4) is 0 Å². The van der Waals surface area contributed by atoms with E-state index in [9.17, 15) is 9.90 Å². The van der Waals surface area contributed by atoms with Crippen molar-refractivity contribution in [3.05, 3.63) is 23.8 Å². The van der Waals surface area contributed by atoms with Gasteiger partial charge in [-0.1, -0.05) is 32.4 Å². The molecule has 0 bridgehead atoms. The SMILES string of the molecule is CC1C[C@H]2C3CCC4=CC(=O)C=CC4(C)C3C(O)CC2(C)C1. The Bertz CT molecular complexity index is 574. The second kappa shape index (κ2) is 4.56. The molecular formula is C20H28O2. The average molecular weight is 300 g/mol. The maximum Gasteiger partial charge on any atom is 0.178 e. The normalized spacial score (nSPS) is 53.5. The van der Waals surface area contributed by atoms with Gasteiger partial charge in [-0.3, -0.25) is 4.79 Å². The molecular weight excluding hydrogens is 272 g/mol. The molecule has 0 radical (unpaired) electrons. The highest BCUT2D eigenvalue weighted by molar-refractivity contribution is 6.01. The number of allylic oxidation sites excluding steroid dienone is 4. The van der Waals surface area contributed by atoms with E-state index in [1.54, 1.807) is 6.08 Å². The summed E-state index contributed by atoms with van der Waals surface area (Å²) in [7, 11) is 0. The van der Waals surface area contributed by atoms with E-state index in [4.69, 9.17) is 0 Å². The summed E-state index contributed by atoms with van der Waals surface area (Å²) in [6.45, 7) is 7.04. The fourth-order valence-corrected chi connectivity index (χ4v) is 6.77. The smallest absolute Gasteiger partial charge is 0.178 e. The van der Waals surface area contributed by atoms with Gasteiger partial charge >= 0.3 is 0 Å². The third-order valence-electron chi connectivity index (χ3n) is 7.48. The van der Waals surface area contributed by atoms with Crippen LogP contribution in [0, 0.1) is 34.5 Å². The molecule has 2 nitrogen and oxygen atoms in total. The fraction of sp³-hybridized carbons (Fsp3) is 0.750. The van der Waals surface area contributed by atoms with Gasteiger partial charge in [-0.05, 0) is 67.4 Å². The van der Waals surface area contributed by atoms with E-state index >= 15 is 0 Å². The number of hydrogen-bond acceptors (Lipinski definition) is 2. The number of rotatable bonds is 0. The number of aliphatic hydroxyl groups excluding tert-OH is 1. The first-order chi connectivity index (χ1) is 10.3. The van der Waals surface area contributed by atoms with Crippen molar-refractivity contribution in [2.75, 3.05) is 0 Å². The van der Waals surface area contributed by atoms with Crippen molar-refractivity contribution in [2.45, 2.75) is 59.0 Å². The van der Waals surface area contributed by atoms with Crippen molar-refractivity contribution in [2.24, 2.45) is 34.5 Å². The van der Waals surface area contributed by atoms with Crippen LogP contribution in [0.15, 0.2) is 23.8 Å². The number of ketones is 1. The number of aliphatic hydroxyl groups is 1. The lowest BCUT2D eigenvalue weighted by atomic mass is 9.47. The van der Waals surface area contributed by atoms with E-state index in [1.807, 2.05) is 6.08 Å². The van der Waals surface area contributed by atoms with Crippen LogP contribution in [0.4, 0.5) is 0 Å². The van der Waals surface area contributed by atoms with Crippen LogP contribution in [0.2, 0.25) is 0 Å². The zero-order valence-electron chi connectivity index (χ0n) is 14.0. The van der Waals surface area contributed by atoms with Gasteiger partial charge in [-0.25, -0.2) is 0 Å². The Morgan fingerprint density at radius 1 is 1.27 bits per heavy atom. The second-order valence-corrected chi connectivity index (χ2v) is 8.99. The van der Waals surface area contributed by atoms with Gasteiger partial charge in [0, 0.05) is 11.3 Å². The van der Waals surface area contributed by atoms with Crippen molar-refractivity contribution >= 4 is 5.78 Å². The van der Waals surface area contributed by atoms with E-state index in [1.165, 1.54) is 18.4 Å². The summed E-state index contributed by atoms with van der Waals surface area (Å²) in [5.74, 6) is 2.56. The molecule has 3 fully saturated rings. The van der Waals surface area contributed by atoms with Gasteiger partial charge in [0.25, 0.3) is 0 Å². The van der Waals surface area contributed by atoms with Crippen LogP contribution in [0.1, 0.15) is 52.9 Å². The molecule has 120 valence electrons. The summed E-state index contributed by atoms with van der Waals surface area (Å²) in [5, 5.41) is 11.0. The molecule has 0 heterocycles. The predicted octanol–water partition coefficient (Wildman–Crippen LogP) is 3.90. The largest absolute Gasteiger partial charge is 0.393 e. The van der Waals surface area contributed by atoms with E-state index in [0.717, 1.165) is 31.1 Å².